The number of aromatic nitrogens is 2. The highest BCUT2D eigenvalue weighted by Crippen LogP contribution is 2.29. The molecule has 0 amide bonds. The van der Waals surface area contributed by atoms with Crippen LogP contribution in [0.25, 0.3) is 0 Å². The molecule has 0 radical (unpaired) electrons. The van der Waals surface area contributed by atoms with Gasteiger partial charge in [-0.1, -0.05) is 6.07 Å². The Hall–Kier alpha value is -2.66. The van der Waals surface area contributed by atoms with E-state index in [1.807, 2.05) is 4.90 Å². The van der Waals surface area contributed by atoms with Crippen LogP contribution >= 0.6 is 0 Å². The number of hydrogen-bond acceptors (Lipinski definition) is 7. The van der Waals surface area contributed by atoms with Crippen molar-refractivity contribution in [3.8, 4) is 0 Å². The molecule has 1 saturated heterocycles. The summed E-state index contributed by atoms with van der Waals surface area (Å²) in [6, 6.07) is 4.72. The van der Waals surface area contributed by atoms with E-state index in [0.717, 1.165) is 22.5 Å². The van der Waals surface area contributed by atoms with Crippen LogP contribution in [-0.2, 0) is 10.0 Å². The Balaban J connectivity index is 1.84. The molecule has 132 valence electrons. The van der Waals surface area contributed by atoms with Crippen molar-refractivity contribution in [2.75, 3.05) is 31.1 Å². The van der Waals surface area contributed by atoms with Crippen molar-refractivity contribution < 1.29 is 17.7 Å². The van der Waals surface area contributed by atoms with E-state index in [0.29, 0.717) is 19.0 Å². The van der Waals surface area contributed by atoms with Gasteiger partial charge >= 0.3 is 5.69 Å². The lowest BCUT2D eigenvalue weighted by Crippen LogP contribution is -2.49. The molecular weight excluding hydrogens is 353 g/mol. The summed E-state index contributed by atoms with van der Waals surface area (Å²) in [5.74, 6) is -0.696. The molecule has 1 aromatic carbocycles. The first kappa shape index (κ1) is 17.2. The predicted octanol–water partition coefficient (Wildman–Crippen LogP) is 1.03. The SMILES string of the molecule is O=[N+]([O-])c1c(F)cccc1S(=O)(=O)N1CCN(c2ncccn2)CC1. The van der Waals surface area contributed by atoms with Gasteiger partial charge in [0.2, 0.25) is 21.8 Å². The van der Waals surface area contributed by atoms with Gasteiger partial charge < -0.3 is 4.90 Å². The molecule has 0 spiro atoms. The zero-order chi connectivity index (χ0) is 18.0. The molecule has 0 N–H and O–H groups in total. The number of hydrogen-bond donors (Lipinski definition) is 0. The Morgan fingerprint density at radius 2 is 1.72 bits per heavy atom. The van der Waals surface area contributed by atoms with E-state index in [-0.39, 0.29) is 13.1 Å². The first-order chi connectivity index (χ1) is 11.9. The molecule has 1 aliphatic rings. The number of para-hydroxylation sites is 1. The van der Waals surface area contributed by atoms with Crippen molar-refractivity contribution >= 4 is 21.7 Å². The van der Waals surface area contributed by atoms with Gasteiger partial charge in [0, 0.05) is 38.6 Å². The van der Waals surface area contributed by atoms with Gasteiger partial charge in [0.25, 0.3) is 0 Å². The van der Waals surface area contributed by atoms with Crippen molar-refractivity contribution in [3.63, 3.8) is 0 Å². The lowest BCUT2D eigenvalue weighted by atomic mass is 10.3. The minimum Gasteiger partial charge on any atom is -0.338 e. The van der Waals surface area contributed by atoms with Gasteiger partial charge in [-0.25, -0.2) is 18.4 Å². The number of halogens is 1. The van der Waals surface area contributed by atoms with E-state index < -0.39 is 31.3 Å². The fraction of sp³-hybridized carbons (Fsp3) is 0.286. The number of nitrogens with zero attached hydrogens (tertiary/aromatic N) is 5. The second-order valence-corrected chi connectivity index (χ2v) is 7.19. The molecule has 9 nitrogen and oxygen atoms in total. The minimum absolute atomic E-state index is 0.0915. The lowest BCUT2D eigenvalue weighted by Gasteiger charge is -2.33. The number of benzene rings is 1. The first-order valence-electron chi connectivity index (χ1n) is 7.36. The normalized spacial score (nSPS) is 16.0. The molecule has 3 rings (SSSR count). The number of anilines is 1. The molecule has 0 aliphatic carbocycles. The molecule has 2 aromatic rings. The molecule has 0 bridgehead atoms. The Kier molecular flexibility index (Phi) is 4.59. The molecule has 0 unspecified atom stereocenters. The third-order valence-electron chi connectivity index (χ3n) is 3.82. The average Bonchev–Trinajstić information content (AvgIpc) is 2.62. The lowest BCUT2D eigenvalue weighted by molar-refractivity contribution is -0.390. The first-order valence-corrected chi connectivity index (χ1v) is 8.80. The van der Waals surface area contributed by atoms with Gasteiger partial charge in [-0.3, -0.25) is 10.1 Å². The summed E-state index contributed by atoms with van der Waals surface area (Å²) in [4.78, 5) is 19.4. The second kappa shape index (κ2) is 6.69. The summed E-state index contributed by atoms with van der Waals surface area (Å²) < 4.78 is 40.3. The molecular formula is C14H14FN5O4S. The Bertz CT molecular complexity index is 885. The van der Waals surface area contributed by atoms with Crippen LogP contribution in [-0.4, -0.2) is 53.8 Å². The summed E-state index contributed by atoms with van der Waals surface area (Å²) in [7, 11) is -4.18. The van der Waals surface area contributed by atoms with E-state index in [1.54, 1.807) is 18.5 Å². The maximum Gasteiger partial charge on any atom is 0.324 e. The van der Waals surface area contributed by atoms with Crippen LogP contribution in [0.3, 0.4) is 0 Å². The van der Waals surface area contributed by atoms with E-state index in [1.165, 1.54) is 0 Å². The molecule has 1 aromatic heterocycles. The highest BCUT2D eigenvalue weighted by molar-refractivity contribution is 7.89. The minimum atomic E-state index is -4.18. The third-order valence-corrected chi connectivity index (χ3v) is 5.75. The molecule has 0 saturated carbocycles. The van der Waals surface area contributed by atoms with E-state index >= 15 is 0 Å². The van der Waals surface area contributed by atoms with Gasteiger partial charge in [0.05, 0.1) is 4.92 Å². The van der Waals surface area contributed by atoms with Crippen LogP contribution in [0.2, 0.25) is 0 Å². The van der Waals surface area contributed by atoms with Crippen LogP contribution < -0.4 is 4.90 Å². The zero-order valence-corrected chi connectivity index (χ0v) is 13.8. The van der Waals surface area contributed by atoms with Crippen molar-refractivity contribution in [3.05, 3.63) is 52.6 Å². The number of rotatable bonds is 4. The topological polar surface area (TPSA) is 110 Å². The van der Waals surface area contributed by atoms with Crippen molar-refractivity contribution in [2.45, 2.75) is 4.90 Å². The second-order valence-electron chi connectivity index (χ2n) is 5.28. The summed E-state index contributed by atoms with van der Waals surface area (Å²) in [6.07, 6.45) is 3.17. The van der Waals surface area contributed by atoms with E-state index in [2.05, 4.69) is 9.97 Å². The molecule has 0 atom stereocenters. The molecule has 25 heavy (non-hydrogen) atoms. The summed E-state index contributed by atoms with van der Waals surface area (Å²) in [5.41, 5.74) is -1.03. The van der Waals surface area contributed by atoms with Crippen LogP contribution in [0.1, 0.15) is 0 Å². The molecule has 2 heterocycles. The number of nitro groups is 1. The summed E-state index contributed by atoms with van der Waals surface area (Å²) in [6.45, 7) is 0.835. The van der Waals surface area contributed by atoms with Crippen molar-refractivity contribution in [1.29, 1.82) is 0 Å². The van der Waals surface area contributed by atoms with Crippen LogP contribution in [0.4, 0.5) is 16.0 Å². The summed E-state index contributed by atoms with van der Waals surface area (Å²) >= 11 is 0. The zero-order valence-electron chi connectivity index (χ0n) is 12.9. The van der Waals surface area contributed by atoms with Gasteiger partial charge in [-0.2, -0.15) is 8.70 Å². The molecule has 11 heteroatoms. The maximum absolute atomic E-state index is 13.7. The van der Waals surface area contributed by atoms with Crippen LogP contribution in [0.15, 0.2) is 41.6 Å². The highest BCUT2D eigenvalue weighted by atomic mass is 32.2. The average molecular weight is 367 g/mol. The smallest absolute Gasteiger partial charge is 0.324 e. The molecule has 1 fully saturated rings. The number of nitro benzene ring substituents is 1. The van der Waals surface area contributed by atoms with Gasteiger partial charge in [0.1, 0.15) is 0 Å². The quantitative estimate of drug-likeness (QED) is 0.586. The van der Waals surface area contributed by atoms with Crippen LogP contribution in [0, 0.1) is 15.9 Å². The van der Waals surface area contributed by atoms with Crippen LogP contribution in [0.5, 0.6) is 0 Å². The van der Waals surface area contributed by atoms with Gasteiger partial charge in [-0.05, 0) is 18.2 Å². The Morgan fingerprint density at radius 3 is 2.32 bits per heavy atom. The Labute approximate surface area is 142 Å². The van der Waals surface area contributed by atoms with Crippen molar-refractivity contribution in [1.82, 2.24) is 14.3 Å². The standard InChI is InChI=1S/C14H14FN5O4S/c15-11-3-1-4-12(13(11)20(21)22)25(23,24)19-9-7-18(8-10-19)14-16-5-2-6-17-14/h1-6H,7-10H2. The fourth-order valence-electron chi connectivity index (χ4n) is 2.60. The maximum atomic E-state index is 13.7. The van der Waals surface area contributed by atoms with E-state index in [9.17, 15) is 22.9 Å². The number of sulfonamides is 1. The van der Waals surface area contributed by atoms with Gasteiger partial charge in [0.15, 0.2) is 4.90 Å². The summed E-state index contributed by atoms with van der Waals surface area (Å²) in [5, 5.41) is 11.1. The molecule has 1 aliphatic heterocycles. The largest absolute Gasteiger partial charge is 0.338 e. The predicted molar refractivity (Wildman–Crippen MR) is 86.1 cm³/mol. The van der Waals surface area contributed by atoms with Crippen molar-refractivity contribution in [2.24, 2.45) is 0 Å². The fourth-order valence-corrected chi connectivity index (χ4v) is 4.19. The van der Waals surface area contributed by atoms with E-state index in [4.69, 9.17) is 0 Å². The monoisotopic (exact) mass is 367 g/mol. The third kappa shape index (κ3) is 3.28. The number of piperazine rings is 1. The Morgan fingerprint density at radius 1 is 1.08 bits per heavy atom. The van der Waals surface area contributed by atoms with Gasteiger partial charge in [-0.15, -0.1) is 0 Å². The highest BCUT2D eigenvalue weighted by Gasteiger charge is 2.35.